The SMILES string of the molecule is CC(C)C1(C)C=CC=C(C=[N+](O)C2CC(C)(C)CC(C)(C)C2)C=C1. The van der Waals surface area contributed by atoms with Gasteiger partial charge in [0.1, 0.15) is 0 Å². The summed E-state index contributed by atoms with van der Waals surface area (Å²) in [6, 6.07) is 0.182. The van der Waals surface area contributed by atoms with E-state index in [9.17, 15) is 5.21 Å². The molecule has 134 valence electrons. The third kappa shape index (κ3) is 4.62. The quantitative estimate of drug-likeness (QED) is 0.301. The Kier molecular flexibility index (Phi) is 5.18. The van der Waals surface area contributed by atoms with Gasteiger partial charge in [-0.25, -0.2) is 0 Å². The number of allylic oxidation sites excluding steroid dienone is 6. The van der Waals surface area contributed by atoms with E-state index in [1.54, 1.807) is 0 Å². The average Bonchev–Trinajstić information content (AvgIpc) is 2.58. The summed E-state index contributed by atoms with van der Waals surface area (Å²) in [7, 11) is 0. The van der Waals surface area contributed by atoms with E-state index in [4.69, 9.17) is 0 Å². The van der Waals surface area contributed by atoms with Gasteiger partial charge in [0, 0.05) is 23.8 Å². The van der Waals surface area contributed by atoms with E-state index in [0.29, 0.717) is 5.92 Å². The molecule has 0 bridgehead atoms. The van der Waals surface area contributed by atoms with Crippen LogP contribution in [-0.4, -0.2) is 22.2 Å². The van der Waals surface area contributed by atoms with Gasteiger partial charge >= 0.3 is 0 Å². The highest BCUT2D eigenvalue weighted by atomic mass is 16.5. The van der Waals surface area contributed by atoms with Crippen molar-refractivity contribution in [1.82, 2.24) is 0 Å². The van der Waals surface area contributed by atoms with Crippen LogP contribution in [0.2, 0.25) is 0 Å². The van der Waals surface area contributed by atoms with Crippen LogP contribution >= 0.6 is 0 Å². The second-order valence-electron chi connectivity index (χ2n) is 9.96. The van der Waals surface area contributed by atoms with Gasteiger partial charge in [-0.1, -0.05) is 72.8 Å². The van der Waals surface area contributed by atoms with Gasteiger partial charge in [-0.2, -0.15) is 0 Å². The molecule has 0 heterocycles. The molecule has 2 rings (SSSR count). The molecule has 1 atom stereocenters. The van der Waals surface area contributed by atoms with Crippen molar-refractivity contribution in [2.24, 2.45) is 22.2 Å². The van der Waals surface area contributed by atoms with Gasteiger partial charge in [0.25, 0.3) is 0 Å². The Morgan fingerprint density at radius 2 is 1.67 bits per heavy atom. The Labute approximate surface area is 148 Å². The van der Waals surface area contributed by atoms with Gasteiger partial charge in [0.15, 0.2) is 0 Å². The zero-order valence-corrected chi connectivity index (χ0v) is 16.6. The number of hydrogen-bond donors (Lipinski definition) is 1. The molecular weight excluding hydrogens is 294 g/mol. The van der Waals surface area contributed by atoms with Crippen LogP contribution in [0.1, 0.15) is 67.7 Å². The first-order valence-electron chi connectivity index (χ1n) is 9.33. The zero-order chi connectivity index (χ0) is 18.2. The predicted octanol–water partition coefficient (Wildman–Crippen LogP) is 5.78. The maximum absolute atomic E-state index is 10.7. The number of rotatable bonds is 3. The second kappa shape index (κ2) is 6.54. The monoisotopic (exact) mass is 330 g/mol. The Morgan fingerprint density at radius 3 is 2.21 bits per heavy atom. The summed E-state index contributed by atoms with van der Waals surface area (Å²) in [6.07, 6.45) is 16.0. The molecule has 0 spiro atoms. The molecule has 1 saturated carbocycles. The van der Waals surface area contributed by atoms with Crippen molar-refractivity contribution in [3.63, 3.8) is 0 Å². The van der Waals surface area contributed by atoms with E-state index in [1.165, 1.54) is 11.2 Å². The molecule has 0 aromatic carbocycles. The van der Waals surface area contributed by atoms with E-state index in [-0.39, 0.29) is 22.3 Å². The largest absolute Gasteiger partial charge is 0.291 e. The molecule has 24 heavy (non-hydrogen) atoms. The summed E-state index contributed by atoms with van der Waals surface area (Å²) in [5.41, 5.74) is 1.66. The highest BCUT2D eigenvalue weighted by molar-refractivity contribution is 5.79. The van der Waals surface area contributed by atoms with Crippen LogP contribution in [0.3, 0.4) is 0 Å². The topological polar surface area (TPSA) is 23.2 Å². The Hall–Kier alpha value is -1.31. The summed E-state index contributed by atoms with van der Waals surface area (Å²) in [5.74, 6) is 0.544. The highest BCUT2D eigenvalue weighted by Gasteiger charge is 2.43. The fourth-order valence-corrected chi connectivity index (χ4v) is 4.46. The predicted molar refractivity (Wildman–Crippen MR) is 103 cm³/mol. The molecule has 2 heteroatoms. The van der Waals surface area contributed by atoms with E-state index in [0.717, 1.165) is 18.4 Å². The first kappa shape index (κ1) is 19.0. The minimum atomic E-state index is 0.0706. The Balaban J connectivity index is 2.19. The lowest BCUT2D eigenvalue weighted by Crippen LogP contribution is -2.41. The first-order valence-corrected chi connectivity index (χ1v) is 9.33. The number of hydrogen-bond acceptors (Lipinski definition) is 1. The molecule has 0 saturated heterocycles. The fraction of sp³-hybridized carbons (Fsp3) is 0.682. The molecule has 2 nitrogen and oxygen atoms in total. The maximum Gasteiger partial charge on any atom is 0.222 e. The van der Waals surface area contributed by atoms with Gasteiger partial charge in [0.05, 0.1) is 0 Å². The van der Waals surface area contributed by atoms with Gasteiger partial charge in [-0.15, -0.1) is 0 Å². The highest BCUT2D eigenvalue weighted by Crippen LogP contribution is 2.46. The summed E-state index contributed by atoms with van der Waals surface area (Å²) >= 11 is 0. The van der Waals surface area contributed by atoms with Crippen molar-refractivity contribution < 1.29 is 9.95 Å². The van der Waals surface area contributed by atoms with Crippen molar-refractivity contribution in [1.29, 1.82) is 0 Å². The standard InChI is InChI=1S/C22H36NO/c1-17(2)22(7)11-8-9-18(10-12-22)15-23(24)19-13-20(3,4)16-21(5,6)14-19/h8-12,15,17,19,24H,13-14,16H2,1-7H3/q+1. The van der Waals surface area contributed by atoms with Gasteiger partial charge < -0.3 is 0 Å². The molecule has 1 N–H and O–H groups in total. The third-order valence-corrected chi connectivity index (χ3v) is 5.81. The molecule has 0 aromatic heterocycles. The Morgan fingerprint density at radius 1 is 1.08 bits per heavy atom. The molecule has 0 amide bonds. The average molecular weight is 331 g/mol. The van der Waals surface area contributed by atoms with Crippen molar-refractivity contribution >= 4 is 6.21 Å². The maximum atomic E-state index is 10.7. The van der Waals surface area contributed by atoms with Crippen LogP contribution in [0, 0.1) is 22.2 Å². The number of nitrogens with zero attached hydrogens (tertiary/aromatic N) is 1. The van der Waals surface area contributed by atoms with Gasteiger partial charge in [0.2, 0.25) is 12.3 Å². The lowest BCUT2D eigenvalue weighted by molar-refractivity contribution is -0.800. The van der Waals surface area contributed by atoms with Crippen molar-refractivity contribution in [3.05, 3.63) is 36.0 Å². The Bertz CT molecular complexity index is 573. The smallest absolute Gasteiger partial charge is 0.222 e. The number of hydroxylamine groups is 1. The zero-order valence-electron chi connectivity index (χ0n) is 16.6. The van der Waals surface area contributed by atoms with Crippen LogP contribution in [0.5, 0.6) is 0 Å². The molecule has 1 fully saturated rings. The van der Waals surface area contributed by atoms with Gasteiger partial charge in [-0.3, -0.25) is 5.21 Å². The molecular formula is C22H36NO+. The first-order chi connectivity index (χ1) is 10.9. The lowest BCUT2D eigenvalue weighted by atomic mass is 9.63. The van der Waals surface area contributed by atoms with Crippen LogP contribution in [0.15, 0.2) is 36.0 Å². The normalized spacial score (nSPS) is 30.3. The molecule has 0 aromatic rings. The molecule has 0 aliphatic heterocycles. The van der Waals surface area contributed by atoms with E-state index in [2.05, 4.69) is 78.8 Å². The van der Waals surface area contributed by atoms with Crippen molar-refractivity contribution in [2.45, 2.75) is 73.8 Å². The lowest BCUT2D eigenvalue weighted by Gasteiger charge is -2.41. The van der Waals surface area contributed by atoms with E-state index in [1.807, 2.05) is 6.21 Å². The van der Waals surface area contributed by atoms with Gasteiger partial charge in [-0.05, 0) is 34.0 Å². The van der Waals surface area contributed by atoms with E-state index >= 15 is 0 Å². The summed E-state index contributed by atoms with van der Waals surface area (Å²) in [5, 5.41) is 10.7. The summed E-state index contributed by atoms with van der Waals surface area (Å²) in [6.45, 7) is 16.0. The third-order valence-electron chi connectivity index (χ3n) is 5.81. The second-order valence-corrected chi connectivity index (χ2v) is 9.96. The van der Waals surface area contributed by atoms with Crippen LogP contribution in [0.4, 0.5) is 0 Å². The minimum Gasteiger partial charge on any atom is -0.291 e. The molecule has 0 radical (unpaired) electrons. The van der Waals surface area contributed by atoms with Crippen LogP contribution in [0.25, 0.3) is 0 Å². The minimum absolute atomic E-state index is 0.0706. The molecule has 1 unspecified atom stereocenters. The summed E-state index contributed by atoms with van der Waals surface area (Å²) in [4.78, 5) is 0. The van der Waals surface area contributed by atoms with Crippen molar-refractivity contribution in [2.75, 3.05) is 0 Å². The van der Waals surface area contributed by atoms with Crippen LogP contribution < -0.4 is 0 Å². The van der Waals surface area contributed by atoms with E-state index < -0.39 is 0 Å². The molecule has 2 aliphatic rings. The fourth-order valence-electron chi connectivity index (χ4n) is 4.46. The van der Waals surface area contributed by atoms with Crippen molar-refractivity contribution in [3.8, 4) is 0 Å². The summed E-state index contributed by atoms with van der Waals surface area (Å²) < 4.78 is 1.46. The molecule has 2 aliphatic carbocycles. The van der Waals surface area contributed by atoms with Crippen LogP contribution in [-0.2, 0) is 0 Å².